The number of para-hydroxylation sites is 1. The molecule has 0 N–H and O–H groups in total. The molecule has 24 heavy (non-hydrogen) atoms. The predicted molar refractivity (Wildman–Crippen MR) is 87.9 cm³/mol. The SMILES string of the molecule is COc1ccccc1-c1nnc([C@H]2CCN(c3ncccn3)C2)o1. The summed E-state index contributed by atoms with van der Waals surface area (Å²) >= 11 is 0. The number of nitrogens with zero attached hydrogens (tertiary/aromatic N) is 5. The summed E-state index contributed by atoms with van der Waals surface area (Å²) in [6.07, 6.45) is 4.44. The molecule has 4 rings (SSSR count). The van der Waals surface area contributed by atoms with Crippen molar-refractivity contribution in [3.8, 4) is 17.2 Å². The van der Waals surface area contributed by atoms with Gasteiger partial charge in [-0.05, 0) is 24.6 Å². The number of hydrogen-bond acceptors (Lipinski definition) is 7. The third kappa shape index (κ3) is 2.68. The number of aromatic nitrogens is 4. The van der Waals surface area contributed by atoms with Crippen LogP contribution in [-0.4, -0.2) is 40.4 Å². The van der Waals surface area contributed by atoms with E-state index in [-0.39, 0.29) is 5.92 Å². The Morgan fingerprint density at radius 1 is 1.12 bits per heavy atom. The molecule has 1 aliphatic rings. The Morgan fingerprint density at radius 2 is 1.96 bits per heavy atom. The lowest BCUT2D eigenvalue weighted by atomic mass is 10.1. The van der Waals surface area contributed by atoms with Gasteiger partial charge in [-0.2, -0.15) is 0 Å². The molecule has 1 fully saturated rings. The summed E-state index contributed by atoms with van der Waals surface area (Å²) in [5.74, 6) is 2.78. The van der Waals surface area contributed by atoms with Crippen molar-refractivity contribution in [3.63, 3.8) is 0 Å². The Balaban J connectivity index is 1.54. The van der Waals surface area contributed by atoms with E-state index in [0.29, 0.717) is 11.8 Å². The summed E-state index contributed by atoms with van der Waals surface area (Å²) in [7, 11) is 1.63. The standard InChI is InChI=1S/C17H17N5O2/c1-23-14-6-3-2-5-13(14)16-21-20-15(24-16)12-7-10-22(11-12)17-18-8-4-9-19-17/h2-6,8-9,12H,7,10-11H2,1H3/t12-/m0/s1. The summed E-state index contributed by atoms with van der Waals surface area (Å²) in [4.78, 5) is 10.7. The number of ether oxygens (including phenoxy) is 1. The van der Waals surface area contributed by atoms with Crippen LogP contribution in [0.25, 0.3) is 11.5 Å². The highest BCUT2D eigenvalue weighted by molar-refractivity contribution is 5.62. The first-order valence-corrected chi connectivity index (χ1v) is 7.84. The first-order valence-electron chi connectivity index (χ1n) is 7.84. The molecule has 1 atom stereocenters. The van der Waals surface area contributed by atoms with E-state index in [4.69, 9.17) is 9.15 Å². The van der Waals surface area contributed by atoms with Crippen molar-refractivity contribution in [2.75, 3.05) is 25.1 Å². The fourth-order valence-corrected chi connectivity index (χ4v) is 2.93. The van der Waals surface area contributed by atoms with Crippen LogP contribution in [0.1, 0.15) is 18.2 Å². The molecule has 7 nitrogen and oxygen atoms in total. The molecular formula is C17H17N5O2. The van der Waals surface area contributed by atoms with Crippen LogP contribution in [0.3, 0.4) is 0 Å². The van der Waals surface area contributed by atoms with Gasteiger partial charge in [-0.3, -0.25) is 0 Å². The van der Waals surface area contributed by atoms with Gasteiger partial charge in [0, 0.05) is 25.5 Å². The van der Waals surface area contributed by atoms with Crippen molar-refractivity contribution >= 4 is 5.95 Å². The second kappa shape index (κ2) is 6.27. The van der Waals surface area contributed by atoms with Crippen LogP contribution in [-0.2, 0) is 0 Å². The molecule has 1 aromatic carbocycles. The monoisotopic (exact) mass is 323 g/mol. The van der Waals surface area contributed by atoms with Crippen LogP contribution in [0, 0.1) is 0 Å². The van der Waals surface area contributed by atoms with Crippen LogP contribution >= 0.6 is 0 Å². The fourth-order valence-electron chi connectivity index (χ4n) is 2.93. The zero-order valence-corrected chi connectivity index (χ0v) is 13.3. The van der Waals surface area contributed by atoms with Crippen LogP contribution in [0.5, 0.6) is 5.75 Å². The molecule has 122 valence electrons. The molecule has 1 saturated heterocycles. The van der Waals surface area contributed by atoms with E-state index < -0.39 is 0 Å². The zero-order valence-electron chi connectivity index (χ0n) is 13.3. The van der Waals surface area contributed by atoms with Gasteiger partial charge >= 0.3 is 0 Å². The van der Waals surface area contributed by atoms with Crippen LogP contribution in [0.4, 0.5) is 5.95 Å². The van der Waals surface area contributed by atoms with Gasteiger partial charge in [0.25, 0.3) is 5.89 Å². The quantitative estimate of drug-likeness (QED) is 0.730. The molecule has 0 spiro atoms. The number of benzene rings is 1. The van der Waals surface area contributed by atoms with E-state index >= 15 is 0 Å². The predicted octanol–water partition coefficient (Wildman–Crippen LogP) is 2.53. The van der Waals surface area contributed by atoms with E-state index in [1.165, 1.54) is 0 Å². The summed E-state index contributed by atoms with van der Waals surface area (Å²) in [6.45, 7) is 1.65. The average molecular weight is 323 g/mol. The smallest absolute Gasteiger partial charge is 0.251 e. The first kappa shape index (κ1) is 14.6. The number of rotatable bonds is 4. The Morgan fingerprint density at radius 3 is 2.79 bits per heavy atom. The van der Waals surface area contributed by atoms with Crippen molar-refractivity contribution in [2.24, 2.45) is 0 Å². The molecular weight excluding hydrogens is 306 g/mol. The van der Waals surface area contributed by atoms with Gasteiger partial charge < -0.3 is 14.1 Å². The normalized spacial score (nSPS) is 17.2. The van der Waals surface area contributed by atoms with Crippen molar-refractivity contribution in [3.05, 3.63) is 48.6 Å². The van der Waals surface area contributed by atoms with Gasteiger partial charge in [0.1, 0.15) is 5.75 Å². The maximum atomic E-state index is 5.91. The highest BCUT2D eigenvalue weighted by atomic mass is 16.5. The Labute approximate surface area is 139 Å². The molecule has 0 amide bonds. The zero-order chi connectivity index (χ0) is 16.4. The van der Waals surface area contributed by atoms with E-state index in [9.17, 15) is 0 Å². The number of anilines is 1. The highest BCUT2D eigenvalue weighted by Crippen LogP contribution is 2.32. The molecule has 0 unspecified atom stereocenters. The average Bonchev–Trinajstić information content (AvgIpc) is 3.32. The first-order chi connectivity index (χ1) is 11.8. The number of methoxy groups -OCH3 is 1. The molecule has 0 radical (unpaired) electrons. The van der Waals surface area contributed by atoms with Gasteiger partial charge in [0.15, 0.2) is 0 Å². The van der Waals surface area contributed by atoms with E-state index in [1.807, 2.05) is 30.3 Å². The van der Waals surface area contributed by atoms with E-state index in [0.717, 1.165) is 36.8 Å². The summed E-state index contributed by atoms with van der Waals surface area (Å²) in [5.41, 5.74) is 0.806. The van der Waals surface area contributed by atoms with Crippen LogP contribution in [0.2, 0.25) is 0 Å². The van der Waals surface area contributed by atoms with Gasteiger partial charge in [0.05, 0.1) is 18.6 Å². The molecule has 0 aliphatic carbocycles. The molecule has 3 heterocycles. The Hall–Kier alpha value is -2.96. The van der Waals surface area contributed by atoms with Crippen molar-refractivity contribution < 1.29 is 9.15 Å². The van der Waals surface area contributed by atoms with Gasteiger partial charge in [-0.15, -0.1) is 10.2 Å². The van der Waals surface area contributed by atoms with Crippen molar-refractivity contribution in [2.45, 2.75) is 12.3 Å². The fraction of sp³-hybridized carbons (Fsp3) is 0.294. The minimum atomic E-state index is 0.185. The molecule has 2 aromatic heterocycles. The van der Waals surface area contributed by atoms with Crippen LogP contribution < -0.4 is 9.64 Å². The molecule has 0 saturated carbocycles. The molecule has 1 aliphatic heterocycles. The Bertz CT molecular complexity index is 821. The molecule has 3 aromatic rings. The van der Waals surface area contributed by atoms with Gasteiger partial charge in [-0.1, -0.05) is 12.1 Å². The lowest BCUT2D eigenvalue weighted by Gasteiger charge is -2.14. The maximum absolute atomic E-state index is 5.91. The minimum absolute atomic E-state index is 0.185. The third-order valence-corrected chi connectivity index (χ3v) is 4.15. The topological polar surface area (TPSA) is 77.2 Å². The summed E-state index contributed by atoms with van der Waals surface area (Å²) in [5, 5.41) is 8.43. The molecule has 7 heteroatoms. The van der Waals surface area contributed by atoms with Crippen LogP contribution in [0.15, 0.2) is 47.1 Å². The van der Waals surface area contributed by atoms with E-state index in [1.54, 1.807) is 19.5 Å². The largest absolute Gasteiger partial charge is 0.496 e. The third-order valence-electron chi connectivity index (χ3n) is 4.15. The Kier molecular flexibility index (Phi) is 3.82. The molecule has 0 bridgehead atoms. The summed E-state index contributed by atoms with van der Waals surface area (Å²) < 4.78 is 11.3. The van der Waals surface area contributed by atoms with E-state index in [2.05, 4.69) is 25.1 Å². The second-order valence-electron chi connectivity index (χ2n) is 5.63. The van der Waals surface area contributed by atoms with Crippen molar-refractivity contribution in [1.29, 1.82) is 0 Å². The minimum Gasteiger partial charge on any atom is -0.496 e. The highest BCUT2D eigenvalue weighted by Gasteiger charge is 2.30. The van der Waals surface area contributed by atoms with Gasteiger partial charge in [0.2, 0.25) is 11.8 Å². The second-order valence-corrected chi connectivity index (χ2v) is 5.63. The lowest BCUT2D eigenvalue weighted by Crippen LogP contribution is -2.21. The van der Waals surface area contributed by atoms with Crippen molar-refractivity contribution in [1.82, 2.24) is 20.2 Å². The maximum Gasteiger partial charge on any atom is 0.251 e. The lowest BCUT2D eigenvalue weighted by molar-refractivity contribution is 0.412. The van der Waals surface area contributed by atoms with Gasteiger partial charge in [-0.25, -0.2) is 9.97 Å². The summed E-state index contributed by atoms with van der Waals surface area (Å²) in [6, 6.07) is 9.44. The number of hydrogen-bond donors (Lipinski definition) is 0.